The van der Waals surface area contributed by atoms with Crippen LogP contribution in [0.4, 0.5) is 14.9 Å². The van der Waals surface area contributed by atoms with Gasteiger partial charge in [-0.25, -0.2) is 14.2 Å². The molecule has 1 amide bonds. The molecule has 0 saturated carbocycles. The molecule has 2 aromatic rings. The number of carbonyl (C=O) groups is 2. The van der Waals surface area contributed by atoms with Crippen LogP contribution in [-0.4, -0.2) is 30.8 Å². The number of benzene rings is 2. The predicted molar refractivity (Wildman–Crippen MR) is 98.0 cm³/mol. The second-order valence-corrected chi connectivity index (χ2v) is 5.88. The van der Waals surface area contributed by atoms with Crippen molar-refractivity contribution in [2.45, 2.75) is 6.42 Å². The van der Waals surface area contributed by atoms with Gasteiger partial charge in [0.05, 0.1) is 12.0 Å². The maximum Gasteiger partial charge on any atom is 0.404 e. The Morgan fingerprint density at radius 2 is 1.96 bits per heavy atom. The van der Waals surface area contributed by atoms with Crippen molar-refractivity contribution in [2.75, 3.05) is 13.2 Å². The highest BCUT2D eigenvalue weighted by Crippen LogP contribution is 2.30. The lowest BCUT2D eigenvalue weighted by Gasteiger charge is -2.16. The maximum absolute atomic E-state index is 12.8. The number of rotatable bonds is 6. The van der Waals surface area contributed by atoms with Crippen LogP contribution in [0.5, 0.6) is 5.75 Å². The zero-order valence-electron chi connectivity index (χ0n) is 14.4. The first-order valence-corrected chi connectivity index (χ1v) is 8.20. The van der Waals surface area contributed by atoms with E-state index in [2.05, 4.69) is 9.73 Å². The molecule has 7 heteroatoms. The monoisotopic (exact) mass is 368 g/mol. The molecule has 2 aromatic carbocycles. The van der Waals surface area contributed by atoms with Crippen LogP contribution in [0.25, 0.3) is 0 Å². The number of fused-ring (bicyclic) bond motifs is 1. The van der Waals surface area contributed by atoms with E-state index in [-0.39, 0.29) is 31.0 Å². The molecular weight excluding hydrogens is 351 g/mol. The van der Waals surface area contributed by atoms with E-state index >= 15 is 0 Å². The first-order valence-electron chi connectivity index (χ1n) is 8.20. The molecule has 3 rings (SSSR count). The number of nitrogens with zero attached hydrogens (tertiary/aromatic N) is 1. The van der Waals surface area contributed by atoms with E-state index in [1.54, 1.807) is 18.2 Å². The Morgan fingerprint density at radius 3 is 2.67 bits per heavy atom. The average Bonchev–Trinajstić information content (AvgIpc) is 2.68. The van der Waals surface area contributed by atoms with E-state index < -0.39 is 6.09 Å². The molecule has 0 unspecified atom stereocenters. The molecule has 1 heterocycles. The van der Waals surface area contributed by atoms with Gasteiger partial charge >= 0.3 is 6.09 Å². The molecule has 0 saturated heterocycles. The lowest BCUT2D eigenvalue weighted by atomic mass is 9.96. The first-order chi connectivity index (χ1) is 13.1. The van der Waals surface area contributed by atoms with Crippen LogP contribution in [0.15, 0.2) is 65.4 Å². The van der Waals surface area contributed by atoms with Gasteiger partial charge in [-0.1, -0.05) is 30.3 Å². The Morgan fingerprint density at radius 1 is 1.19 bits per heavy atom. The number of hydrogen-bond donors (Lipinski definition) is 1. The molecule has 0 bridgehead atoms. The van der Waals surface area contributed by atoms with Crippen LogP contribution >= 0.6 is 0 Å². The minimum atomic E-state index is -0.992. The van der Waals surface area contributed by atoms with Gasteiger partial charge in [0.1, 0.15) is 24.7 Å². The summed E-state index contributed by atoms with van der Waals surface area (Å²) in [6.45, 7) is -0.408. The van der Waals surface area contributed by atoms with Crippen LogP contribution in [0.1, 0.15) is 11.1 Å². The zero-order chi connectivity index (χ0) is 19.2. The third kappa shape index (κ3) is 4.58. The van der Waals surface area contributed by atoms with Gasteiger partial charge in [0.2, 0.25) is 0 Å². The molecule has 1 aliphatic heterocycles. The van der Waals surface area contributed by atoms with Crippen LogP contribution in [-0.2, 0) is 16.0 Å². The van der Waals surface area contributed by atoms with Gasteiger partial charge in [0.25, 0.3) is 0 Å². The van der Waals surface area contributed by atoms with Crippen molar-refractivity contribution in [3.05, 3.63) is 71.6 Å². The normalized spacial score (nSPS) is 13.6. The standard InChI is InChI=1S/C20H17FN2O4/c21-10-13(12-27-20(22)25)11-26-16-6-7-17-15(8-16)9-18(24)19(23-17)14-4-2-1-3-5-14/h1-8,10H,9,11-12H2,(H2,22,25)/b13-10-. The average molecular weight is 368 g/mol. The quantitative estimate of drug-likeness (QED) is 0.847. The number of aliphatic imine (C=N–C) groups is 1. The maximum atomic E-state index is 12.8. The first kappa shape index (κ1) is 18.3. The molecule has 27 heavy (non-hydrogen) atoms. The Hall–Kier alpha value is -3.48. The molecular formula is C20H17FN2O4. The Kier molecular flexibility index (Phi) is 5.61. The summed E-state index contributed by atoms with van der Waals surface area (Å²) in [7, 11) is 0. The molecule has 6 nitrogen and oxygen atoms in total. The Labute approximate surface area is 155 Å². The van der Waals surface area contributed by atoms with Gasteiger partial charge in [-0.15, -0.1) is 0 Å². The topological polar surface area (TPSA) is 91.0 Å². The summed E-state index contributed by atoms with van der Waals surface area (Å²) in [5.41, 5.74) is 7.60. The minimum absolute atomic E-state index is 0.0787. The van der Waals surface area contributed by atoms with Crippen molar-refractivity contribution in [3.63, 3.8) is 0 Å². The molecule has 0 aliphatic carbocycles. The van der Waals surface area contributed by atoms with E-state index in [1.165, 1.54) is 0 Å². The molecule has 2 N–H and O–H groups in total. The highest BCUT2D eigenvalue weighted by Gasteiger charge is 2.22. The fourth-order valence-corrected chi connectivity index (χ4v) is 2.61. The zero-order valence-corrected chi connectivity index (χ0v) is 14.4. The van der Waals surface area contributed by atoms with Crippen LogP contribution in [0.3, 0.4) is 0 Å². The van der Waals surface area contributed by atoms with Crippen molar-refractivity contribution in [3.8, 4) is 5.75 Å². The summed E-state index contributed by atoms with van der Waals surface area (Å²) < 4.78 is 22.8. The Balaban J connectivity index is 1.73. The highest BCUT2D eigenvalue weighted by molar-refractivity contribution is 6.47. The van der Waals surface area contributed by atoms with E-state index in [4.69, 9.17) is 10.5 Å². The fraction of sp³-hybridized carbons (Fsp3) is 0.150. The number of ether oxygens (including phenoxy) is 2. The number of carbonyl (C=O) groups excluding carboxylic acids is 2. The number of hydrogen-bond acceptors (Lipinski definition) is 5. The van der Waals surface area contributed by atoms with Gasteiger partial charge in [-0.2, -0.15) is 0 Å². The van der Waals surface area contributed by atoms with Crippen molar-refractivity contribution in [1.82, 2.24) is 0 Å². The summed E-state index contributed by atoms with van der Waals surface area (Å²) in [5, 5.41) is 0. The predicted octanol–water partition coefficient (Wildman–Crippen LogP) is 3.26. The summed E-state index contributed by atoms with van der Waals surface area (Å²) >= 11 is 0. The minimum Gasteiger partial charge on any atom is -0.489 e. The van der Waals surface area contributed by atoms with Crippen molar-refractivity contribution < 1.29 is 23.5 Å². The van der Waals surface area contributed by atoms with Gasteiger partial charge in [-0.3, -0.25) is 4.79 Å². The largest absolute Gasteiger partial charge is 0.489 e. The fourth-order valence-electron chi connectivity index (χ4n) is 2.61. The van der Waals surface area contributed by atoms with Crippen LogP contribution in [0.2, 0.25) is 0 Å². The second kappa shape index (κ2) is 8.27. The summed E-state index contributed by atoms with van der Waals surface area (Å²) in [4.78, 5) is 27.5. The molecule has 0 fully saturated rings. The smallest absolute Gasteiger partial charge is 0.404 e. The number of amides is 1. The number of primary amides is 1. The molecule has 138 valence electrons. The molecule has 0 spiro atoms. The number of halogens is 1. The lowest BCUT2D eigenvalue weighted by molar-refractivity contribution is -0.112. The summed E-state index contributed by atoms with van der Waals surface area (Å²) in [6, 6.07) is 14.4. The summed E-state index contributed by atoms with van der Waals surface area (Å²) in [5.74, 6) is 0.378. The van der Waals surface area contributed by atoms with Crippen LogP contribution < -0.4 is 10.5 Å². The van der Waals surface area contributed by atoms with Crippen molar-refractivity contribution in [1.29, 1.82) is 0 Å². The molecule has 0 radical (unpaired) electrons. The van der Waals surface area contributed by atoms with E-state index in [1.807, 2.05) is 30.3 Å². The lowest BCUT2D eigenvalue weighted by Crippen LogP contribution is -2.21. The van der Waals surface area contributed by atoms with Gasteiger partial charge in [0, 0.05) is 17.6 Å². The number of ketones is 1. The molecule has 0 aromatic heterocycles. The van der Waals surface area contributed by atoms with Gasteiger partial charge in [-0.05, 0) is 23.8 Å². The van der Waals surface area contributed by atoms with E-state index in [0.29, 0.717) is 23.5 Å². The summed E-state index contributed by atoms with van der Waals surface area (Å²) in [6.07, 6.45) is -0.480. The van der Waals surface area contributed by atoms with Gasteiger partial charge in [0.15, 0.2) is 5.78 Å². The molecule has 0 atom stereocenters. The van der Waals surface area contributed by atoms with E-state index in [9.17, 15) is 14.0 Å². The van der Waals surface area contributed by atoms with E-state index in [0.717, 1.165) is 11.1 Å². The SMILES string of the molecule is NC(=O)OC/C(=C\F)COc1ccc2c(c1)CC(=O)C(c1ccccc1)=N2. The Bertz CT molecular complexity index is 923. The molecule has 1 aliphatic rings. The number of Topliss-reactive ketones (excluding diaryl/α,β-unsaturated/α-hetero) is 1. The van der Waals surface area contributed by atoms with Gasteiger partial charge < -0.3 is 15.2 Å². The van der Waals surface area contributed by atoms with Crippen molar-refractivity contribution >= 4 is 23.3 Å². The number of nitrogens with two attached hydrogens (primary N) is 1. The highest BCUT2D eigenvalue weighted by atomic mass is 19.1. The van der Waals surface area contributed by atoms with Crippen molar-refractivity contribution in [2.24, 2.45) is 10.7 Å². The second-order valence-electron chi connectivity index (χ2n) is 5.88. The van der Waals surface area contributed by atoms with Crippen LogP contribution in [0, 0.1) is 0 Å². The third-order valence-electron chi connectivity index (χ3n) is 3.92. The third-order valence-corrected chi connectivity index (χ3v) is 3.92.